The number of halogens is 4. The summed E-state index contributed by atoms with van der Waals surface area (Å²) in [5.74, 6) is -1.01. The summed E-state index contributed by atoms with van der Waals surface area (Å²) in [6.45, 7) is -1.21. The monoisotopic (exact) mass is 415 g/mol. The normalized spacial score (nSPS) is 13.5. The number of rotatable bonds is 6. The molecule has 4 N–H and O–H groups in total. The van der Waals surface area contributed by atoms with Crippen LogP contribution in [0.4, 0.5) is 13.2 Å². The summed E-state index contributed by atoms with van der Waals surface area (Å²) in [7, 11) is -1.96. The molecular weight excluding hydrogens is 401 g/mol. The summed E-state index contributed by atoms with van der Waals surface area (Å²) in [5.41, 5.74) is -4.55. The summed E-state index contributed by atoms with van der Waals surface area (Å²) >= 11 is 5.69. The van der Waals surface area contributed by atoms with Gasteiger partial charge in [-0.2, -0.15) is 13.2 Å². The van der Waals surface area contributed by atoms with Crippen LogP contribution < -0.4 is 10.8 Å². The summed E-state index contributed by atoms with van der Waals surface area (Å²) in [4.78, 5) is 23.2. The van der Waals surface area contributed by atoms with Crippen molar-refractivity contribution < 1.29 is 37.9 Å². The Morgan fingerprint density at radius 1 is 1.18 bits per heavy atom. The van der Waals surface area contributed by atoms with Gasteiger partial charge in [-0.15, -0.1) is 0 Å². The van der Waals surface area contributed by atoms with Crippen LogP contribution in [0.15, 0.2) is 42.5 Å². The highest BCUT2D eigenvalue weighted by Crippen LogP contribution is 2.39. The predicted molar refractivity (Wildman–Crippen MR) is 95.4 cm³/mol. The second-order valence-corrected chi connectivity index (χ2v) is 6.32. The van der Waals surface area contributed by atoms with Gasteiger partial charge in [0.25, 0.3) is 5.91 Å². The molecular formula is C17H14BClF3NO5. The van der Waals surface area contributed by atoms with Crippen molar-refractivity contribution in [2.45, 2.75) is 11.8 Å². The number of hydrogen-bond donors (Lipinski definition) is 4. The Morgan fingerprint density at radius 3 is 2.39 bits per heavy atom. The van der Waals surface area contributed by atoms with Crippen LogP contribution in [0.1, 0.15) is 26.3 Å². The largest absolute Gasteiger partial charge is 0.489 e. The lowest BCUT2D eigenvalue weighted by atomic mass is 9.77. The SMILES string of the molecule is O=Cc1cc(C(=O)NCC(O)(c2cccc(Cl)c2)C(F)(F)F)ccc1B(O)O. The molecule has 0 saturated carbocycles. The summed E-state index contributed by atoms with van der Waals surface area (Å²) in [5, 5.41) is 30.5. The second kappa shape index (κ2) is 8.32. The third-order valence-corrected chi connectivity index (χ3v) is 4.27. The van der Waals surface area contributed by atoms with E-state index in [1.54, 1.807) is 0 Å². The van der Waals surface area contributed by atoms with Gasteiger partial charge in [-0.25, -0.2) is 0 Å². The summed E-state index contributed by atoms with van der Waals surface area (Å²) in [6.07, 6.45) is -4.85. The maximum Gasteiger partial charge on any atom is 0.489 e. The lowest BCUT2D eigenvalue weighted by Crippen LogP contribution is -2.51. The second-order valence-electron chi connectivity index (χ2n) is 5.89. The third kappa shape index (κ3) is 4.53. The van der Waals surface area contributed by atoms with Gasteiger partial charge in [0.1, 0.15) is 6.29 Å². The molecule has 0 spiro atoms. The van der Waals surface area contributed by atoms with Gasteiger partial charge in [-0.3, -0.25) is 9.59 Å². The lowest BCUT2D eigenvalue weighted by molar-refractivity contribution is -0.263. The quantitative estimate of drug-likeness (QED) is 0.416. The van der Waals surface area contributed by atoms with Gasteiger partial charge in [-0.05, 0) is 35.3 Å². The number of amides is 1. The van der Waals surface area contributed by atoms with E-state index >= 15 is 0 Å². The minimum atomic E-state index is -5.12. The fraction of sp³-hybridized carbons (Fsp3) is 0.176. The molecule has 11 heteroatoms. The Hall–Kier alpha value is -2.40. The average Bonchev–Trinajstić information content (AvgIpc) is 2.64. The first-order chi connectivity index (χ1) is 13.0. The number of carbonyl (C=O) groups excluding carboxylic acids is 2. The molecule has 0 aliphatic rings. The Bertz CT molecular complexity index is 893. The van der Waals surface area contributed by atoms with Gasteiger partial charge in [0.15, 0.2) is 0 Å². The van der Waals surface area contributed by atoms with E-state index in [0.717, 1.165) is 30.3 Å². The van der Waals surface area contributed by atoms with Crippen molar-refractivity contribution in [2.75, 3.05) is 6.54 Å². The minimum Gasteiger partial charge on any atom is -0.423 e. The van der Waals surface area contributed by atoms with Crippen molar-refractivity contribution >= 4 is 36.4 Å². The molecule has 0 saturated heterocycles. The van der Waals surface area contributed by atoms with Crippen molar-refractivity contribution in [3.05, 3.63) is 64.2 Å². The number of benzene rings is 2. The van der Waals surface area contributed by atoms with Crippen molar-refractivity contribution in [2.24, 2.45) is 0 Å². The number of carbonyl (C=O) groups is 2. The Labute approximate surface area is 162 Å². The van der Waals surface area contributed by atoms with E-state index in [-0.39, 0.29) is 27.9 Å². The van der Waals surface area contributed by atoms with Crippen LogP contribution in [0, 0.1) is 0 Å². The number of alkyl halides is 3. The number of aliphatic hydroxyl groups is 1. The van der Waals surface area contributed by atoms with Gasteiger partial charge < -0.3 is 20.5 Å². The fourth-order valence-electron chi connectivity index (χ4n) is 2.48. The van der Waals surface area contributed by atoms with Crippen LogP contribution >= 0.6 is 11.6 Å². The van der Waals surface area contributed by atoms with Crippen LogP contribution in [-0.4, -0.2) is 47.2 Å². The van der Waals surface area contributed by atoms with Crippen molar-refractivity contribution in [3.8, 4) is 0 Å². The standard InChI is InChI=1S/C17H14BClF3NO5/c19-13-3-1-2-12(7-13)16(26,17(20,21)22)9-23-15(25)10-4-5-14(18(27)28)11(6-10)8-24/h1-8,26-28H,9H2,(H,23,25). The molecule has 2 aromatic rings. The summed E-state index contributed by atoms with van der Waals surface area (Å²) in [6, 6.07) is 7.68. The van der Waals surface area contributed by atoms with Crippen LogP contribution in [0.5, 0.6) is 0 Å². The average molecular weight is 416 g/mol. The molecule has 28 heavy (non-hydrogen) atoms. The maximum absolute atomic E-state index is 13.5. The van der Waals surface area contributed by atoms with E-state index < -0.39 is 36.9 Å². The third-order valence-electron chi connectivity index (χ3n) is 4.03. The first kappa shape index (κ1) is 21.9. The molecule has 0 aliphatic heterocycles. The van der Waals surface area contributed by atoms with Gasteiger partial charge in [0, 0.05) is 16.1 Å². The lowest BCUT2D eigenvalue weighted by Gasteiger charge is -2.31. The van der Waals surface area contributed by atoms with E-state index in [2.05, 4.69) is 0 Å². The van der Waals surface area contributed by atoms with Crippen molar-refractivity contribution in [1.82, 2.24) is 5.32 Å². The Balaban J connectivity index is 2.29. The minimum absolute atomic E-state index is 0.0275. The number of aldehydes is 1. The molecule has 0 heterocycles. The molecule has 0 fully saturated rings. The Kier molecular flexibility index (Phi) is 6.50. The highest BCUT2D eigenvalue weighted by molar-refractivity contribution is 6.60. The number of nitrogens with one attached hydrogen (secondary N) is 1. The van der Waals surface area contributed by atoms with Gasteiger partial charge in [0.2, 0.25) is 5.60 Å². The number of hydrogen-bond acceptors (Lipinski definition) is 5. The van der Waals surface area contributed by atoms with E-state index in [0.29, 0.717) is 0 Å². The van der Waals surface area contributed by atoms with Gasteiger partial charge in [-0.1, -0.05) is 29.8 Å². The predicted octanol–water partition coefficient (Wildman–Crippen LogP) is 1.01. The van der Waals surface area contributed by atoms with Crippen LogP contribution in [0.2, 0.25) is 5.02 Å². The molecule has 6 nitrogen and oxygen atoms in total. The van der Waals surface area contributed by atoms with E-state index in [1.165, 1.54) is 12.1 Å². The highest BCUT2D eigenvalue weighted by Gasteiger charge is 2.55. The molecule has 0 aliphatic carbocycles. The van der Waals surface area contributed by atoms with Crippen LogP contribution in [-0.2, 0) is 5.60 Å². The zero-order valence-corrected chi connectivity index (χ0v) is 14.8. The van der Waals surface area contributed by atoms with Crippen LogP contribution in [0.25, 0.3) is 0 Å². The zero-order chi connectivity index (χ0) is 21.1. The molecule has 2 aromatic carbocycles. The first-order valence-corrected chi connectivity index (χ1v) is 8.16. The van der Waals surface area contributed by atoms with Crippen molar-refractivity contribution in [1.29, 1.82) is 0 Å². The smallest absolute Gasteiger partial charge is 0.423 e. The Morgan fingerprint density at radius 2 is 1.86 bits per heavy atom. The molecule has 1 unspecified atom stereocenters. The van der Waals surface area contributed by atoms with Crippen molar-refractivity contribution in [3.63, 3.8) is 0 Å². The van der Waals surface area contributed by atoms with Gasteiger partial charge in [0.05, 0.1) is 6.54 Å². The first-order valence-electron chi connectivity index (χ1n) is 7.78. The molecule has 1 amide bonds. The molecule has 0 aromatic heterocycles. The molecule has 1 atom stereocenters. The zero-order valence-electron chi connectivity index (χ0n) is 14.1. The van der Waals surface area contributed by atoms with E-state index in [9.17, 15) is 27.9 Å². The van der Waals surface area contributed by atoms with Gasteiger partial charge >= 0.3 is 13.3 Å². The van der Waals surface area contributed by atoms with E-state index in [1.807, 2.05) is 5.32 Å². The molecule has 0 bridgehead atoms. The topological polar surface area (TPSA) is 107 Å². The molecule has 2 rings (SSSR count). The highest BCUT2D eigenvalue weighted by atomic mass is 35.5. The molecule has 148 valence electrons. The maximum atomic E-state index is 13.5. The molecule has 0 radical (unpaired) electrons. The van der Waals surface area contributed by atoms with Crippen LogP contribution in [0.3, 0.4) is 0 Å². The fourth-order valence-corrected chi connectivity index (χ4v) is 2.67. The van der Waals surface area contributed by atoms with E-state index in [4.69, 9.17) is 21.6 Å². The summed E-state index contributed by atoms with van der Waals surface area (Å²) < 4.78 is 40.5.